The SMILES string of the molecule is NC(=O)C1COCCN1c1cc(F)c(Br)cc1N. The zero-order valence-electron chi connectivity index (χ0n) is 9.53. The van der Waals surface area contributed by atoms with Crippen LogP contribution in [0.4, 0.5) is 15.8 Å². The maximum atomic E-state index is 13.6. The first kappa shape index (κ1) is 13.1. The molecule has 1 aliphatic heterocycles. The fourth-order valence-electron chi connectivity index (χ4n) is 1.93. The average molecular weight is 318 g/mol. The Bertz CT molecular complexity index is 484. The molecule has 1 saturated heterocycles. The quantitative estimate of drug-likeness (QED) is 0.793. The molecule has 1 atom stereocenters. The van der Waals surface area contributed by atoms with Gasteiger partial charge in [0.2, 0.25) is 5.91 Å². The summed E-state index contributed by atoms with van der Waals surface area (Å²) in [6.45, 7) is 1.08. The van der Waals surface area contributed by atoms with Crippen molar-refractivity contribution in [2.45, 2.75) is 6.04 Å². The third-order valence-corrected chi connectivity index (χ3v) is 3.44. The van der Waals surface area contributed by atoms with Gasteiger partial charge < -0.3 is 21.1 Å². The zero-order chi connectivity index (χ0) is 13.3. The van der Waals surface area contributed by atoms with Crippen LogP contribution in [0.2, 0.25) is 0 Å². The van der Waals surface area contributed by atoms with E-state index >= 15 is 0 Å². The van der Waals surface area contributed by atoms with E-state index in [-0.39, 0.29) is 11.1 Å². The summed E-state index contributed by atoms with van der Waals surface area (Å²) in [5, 5.41) is 0. The van der Waals surface area contributed by atoms with Gasteiger partial charge in [0.05, 0.1) is 29.1 Å². The van der Waals surface area contributed by atoms with E-state index in [9.17, 15) is 9.18 Å². The second kappa shape index (κ2) is 5.11. The lowest BCUT2D eigenvalue weighted by Crippen LogP contribution is -2.52. The van der Waals surface area contributed by atoms with Crippen LogP contribution in [0.3, 0.4) is 0 Å². The van der Waals surface area contributed by atoms with E-state index in [4.69, 9.17) is 16.2 Å². The number of halogens is 2. The third-order valence-electron chi connectivity index (χ3n) is 2.84. The summed E-state index contributed by atoms with van der Waals surface area (Å²) >= 11 is 3.06. The van der Waals surface area contributed by atoms with Crippen LogP contribution in [-0.2, 0) is 9.53 Å². The third kappa shape index (κ3) is 2.41. The molecular formula is C11H13BrFN3O2. The van der Waals surface area contributed by atoms with Gasteiger partial charge in [-0.15, -0.1) is 0 Å². The van der Waals surface area contributed by atoms with E-state index in [0.29, 0.717) is 24.5 Å². The van der Waals surface area contributed by atoms with Gasteiger partial charge in [0.15, 0.2) is 0 Å². The molecule has 4 N–H and O–H groups in total. The number of carbonyl (C=O) groups excluding carboxylic acids is 1. The van der Waals surface area contributed by atoms with Crippen molar-refractivity contribution >= 4 is 33.2 Å². The van der Waals surface area contributed by atoms with Gasteiger partial charge in [-0.1, -0.05) is 0 Å². The maximum Gasteiger partial charge on any atom is 0.242 e. The van der Waals surface area contributed by atoms with Crippen LogP contribution in [0.5, 0.6) is 0 Å². The number of ether oxygens (including phenoxy) is 1. The highest BCUT2D eigenvalue weighted by molar-refractivity contribution is 9.10. The largest absolute Gasteiger partial charge is 0.397 e. The highest BCUT2D eigenvalue weighted by Crippen LogP contribution is 2.31. The Kier molecular flexibility index (Phi) is 3.72. The molecule has 1 aliphatic rings. The van der Waals surface area contributed by atoms with Crippen molar-refractivity contribution in [1.82, 2.24) is 0 Å². The summed E-state index contributed by atoms with van der Waals surface area (Å²) in [6.07, 6.45) is 0. The summed E-state index contributed by atoms with van der Waals surface area (Å²) in [6, 6.07) is 2.14. The number of nitrogens with zero attached hydrogens (tertiary/aromatic N) is 1. The normalized spacial score (nSPS) is 19.9. The molecule has 1 amide bonds. The lowest BCUT2D eigenvalue weighted by atomic mass is 10.1. The molecule has 0 aliphatic carbocycles. The number of benzene rings is 1. The number of carbonyl (C=O) groups is 1. The zero-order valence-corrected chi connectivity index (χ0v) is 11.1. The smallest absolute Gasteiger partial charge is 0.242 e. The molecule has 1 heterocycles. The molecule has 0 spiro atoms. The van der Waals surface area contributed by atoms with Crippen molar-refractivity contribution in [1.29, 1.82) is 0 Å². The minimum Gasteiger partial charge on any atom is -0.397 e. The highest BCUT2D eigenvalue weighted by Gasteiger charge is 2.29. The molecule has 5 nitrogen and oxygen atoms in total. The first-order chi connectivity index (χ1) is 8.50. The van der Waals surface area contributed by atoms with Gasteiger partial charge in [0, 0.05) is 12.6 Å². The summed E-state index contributed by atoms with van der Waals surface area (Å²) in [5.41, 5.74) is 12.0. The van der Waals surface area contributed by atoms with E-state index in [2.05, 4.69) is 15.9 Å². The van der Waals surface area contributed by atoms with Gasteiger partial charge in [0.1, 0.15) is 11.9 Å². The van der Waals surface area contributed by atoms with Gasteiger partial charge in [0.25, 0.3) is 0 Å². The molecule has 18 heavy (non-hydrogen) atoms. The van der Waals surface area contributed by atoms with E-state index in [1.165, 1.54) is 12.1 Å². The first-order valence-corrected chi connectivity index (χ1v) is 6.18. The van der Waals surface area contributed by atoms with Crippen LogP contribution in [-0.4, -0.2) is 31.7 Å². The fraction of sp³-hybridized carbons (Fsp3) is 0.364. The van der Waals surface area contributed by atoms with E-state index < -0.39 is 17.8 Å². The van der Waals surface area contributed by atoms with Crippen LogP contribution in [0.1, 0.15) is 0 Å². The number of nitrogens with two attached hydrogens (primary N) is 2. The number of hydrogen-bond acceptors (Lipinski definition) is 4. The number of nitrogen functional groups attached to an aromatic ring is 1. The van der Waals surface area contributed by atoms with Crippen molar-refractivity contribution < 1.29 is 13.9 Å². The first-order valence-electron chi connectivity index (χ1n) is 5.39. The molecule has 1 aromatic carbocycles. The molecular weight excluding hydrogens is 305 g/mol. The lowest BCUT2D eigenvalue weighted by Gasteiger charge is -2.36. The number of amides is 1. The standard InChI is InChI=1S/C11H13BrFN3O2/c12-6-3-8(14)9(4-7(6)13)16-1-2-18-5-10(16)11(15)17/h3-4,10H,1-2,5,14H2,(H2,15,17). The number of rotatable bonds is 2. The van der Waals surface area contributed by atoms with Crippen molar-refractivity contribution in [2.75, 3.05) is 30.4 Å². The Morgan fingerprint density at radius 2 is 2.28 bits per heavy atom. The van der Waals surface area contributed by atoms with Crippen molar-refractivity contribution in [2.24, 2.45) is 5.73 Å². The molecule has 0 saturated carbocycles. The Morgan fingerprint density at radius 3 is 2.94 bits per heavy atom. The Balaban J connectivity index is 2.39. The summed E-state index contributed by atoms with van der Waals surface area (Å²) in [4.78, 5) is 13.0. The average Bonchev–Trinajstić information content (AvgIpc) is 2.34. The summed E-state index contributed by atoms with van der Waals surface area (Å²) in [7, 11) is 0. The van der Waals surface area contributed by atoms with Gasteiger partial charge in [-0.05, 0) is 22.0 Å². The van der Waals surface area contributed by atoms with Gasteiger partial charge in [-0.25, -0.2) is 4.39 Å². The number of morpholine rings is 1. The predicted molar refractivity (Wildman–Crippen MR) is 69.7 cm³/mol. The topological polar surface area (TPSA) is 81.6 Å². The van der Waals surface area contributed by atoms with Crippen molar-refractivity contribution in [3.63, 3.8) is 0 Å². The van der Waals surface area contributed by atoms with Gasteiger partial charge in [-0.3, -0.25) is 4.79 Å². The van der Waals surface area contributed by atoms with E-state index in [0.717, 1.165) is 0 Å². The Hall–Kier alpha value is -1.34. The molecule has 98 valence electrons. The molecule has 1 fully saturated rings. The van der Waals surface area contributed by atoms with Crippen LogP contribution in [0.15, 0.2) is 16.6 Å². The highest BCUT2D eigenvalue weighted by atomic mass is 79.9. The van der Waals surface area contributed by atoms with Crippen LogP contribution < -0.4 is 16.4 Å². The minimum atomic E-state index is -0.623. The van der Waals surface area contributed by atoms with Crippen LogP contribution >= 0.6 is 15.9 Å². The maximum absolute atomic E-state index is 13.6. The van der Waals surface area contributed by atoms with E-state index in [1.54, 1.807) is 4.90 Å². The monoisotopic (exact) mass is 317 g/mol. The van der Waals surface area contributed by atoms with E-state index in [1.807, 2.05) is 0 Å². The second-order valence-corrected chi connectivity index (χ2v) is 4.87. The molecule has 2 rings (SSSR count). The molecule has 0 radical (unpaired) electrons. The number of hydrogen-bond donors (Lipinski definition) is 2. The number of primary amides is 1. The number of anilines is 2. The van der Waals surface area contributed by atoms with Crippen molar-refractivity contribution in [3.05, 3.63) is 22.4 Å². The van der Waals surface area contributed by atoms with Crippen LogP contribution in [0, 0.1) is 5.82 Å². The van der Waals surface area contributed by atoms with Crippen LogP contribution in [0.25, 0.3) is 0 Å². The molecule has 0 bridgehead atoms. The molecule has 0 aromatic heterocycles. The lowest BCUT2D eigenvalue weighted by molar-refractivity contribution is -0.121. The summed E-state index contributed by atoms with van der Waals surface area (Å²) in [5.74, 6) is -0.952. The Labute approximate surface area is 112 Å². The van der Waals surface area contributed by atoms with Crippen molar-refractivity contribution in [3.8, 4) is 0 Å². The fourth-order valence-corrected chi connectivity index (χ4v) is 2.29. The molecule has 1 aromatic rings. The molecule has 1 unspecified atom stereocenters. The second-order valence-electron chi connectivity index (χ2n) is 4.01. The Morgan fingerprint density at radius 1 is 1.56 bits per heavy atom. The van der Waals surface area contributed by atoms with Gasteiger partial charge >= 0.3 is 0 Å². The van der Waals surface area contributed by atoms with Gasteiger partial charge in [-0.2, -0.15) is 0 Å². The minimum absolute atomic E-state index is 0.187. The molecule has 7 heteroatoms. The predicted octanol–water partition coefficient (Wildman–Crippen LogP) is 0.861. The summed E-state index contributed by atoms with van der Waals surface area (Å²) < 4.78 is 19.1.